The van der Waals surface area contributed by atoms with E-state index in [2.05, 4.69) is 10.1 Å². The van der Waals surface area contributed by atoms with Gasteiger partial charge in [-0.1, -0.05) is 0 Å². The minimum Gasteiger partial charge on any atom is -0.507 e. The SMILES string of the molecule is CCOC(=O)c1noc(-c2ccc(N)cc2O)n1. The number of hydrogen-bond donors (Lipinski definition) is 2. The van der Waals surface area contributed by atoms with Crippen LogP contribution in [0, 0.1) is 0 Å². The first-order valence-electron chi connectivity index (χ1n) is 5.21. The standard InChI is InChI=1S/C11H11N3O4/c1-2-17-11(16)9-13-10(18-14-9)7-4-3-6(12)5-8(7)15/h3-5,15H,2,12H2,1H3. The second-order valence-corrected chi connectivity index (χ2v) is 3.42. The Morgan fingerprint density at radius 2 is 2.33 bits per heavy atom. The summed E-state index contributed by atoms with van der Waals surface area (Å²) in [4.78, 5) is 15.2. The van der Waals surface area contributed by atoms with E-state index in [0.29, 0.717) is 11.3 Å². The third-order valence-electron chi connectivity index (χ3n) is 2.14. The number of rotatable bonds is 3. The normalized spacial score (nSPS) is 10.3. The van der Waals surface area contributed by atoms with Crippen LogP contribution in [0.5, 0.6) is 5.75 Å². The van der Waals surface area contributed by atoms with E-state index in [1.54, 1.807) is 13.0 Å². The van der Waals surface area contributed by atoms with E-state index in [1.165, 1.54) is 12.1 Å². The third kappa shape index (κ3) is 2.24. The molecular formula is C11H11N3O4. The number of phenolic OH excluding ortho intramolecular Hbond substituents is 1. The highest BCUT2D eigenvalue weighted by molar-refractivity contribution is 5.85. The largest absolute Gasteiger partial charge is 0.507 e. The zero-order valence-corrected chi connectivity index (χ0v) is 9.58. The zero-order chi connectivity index (χ0) is 13.1. The summed E-state index contributed by atoms with van der Waals surface area (Å²) >= 11 is 0. The molecule has 0 fully saturated rings. The first-order valence-corrected chi connectivity index (χ1v) is 5.21. The number of nitrogens with zero attached hydrogens (tertiary/aromatic N) is 2. The predicted molar refractivity (Wildman–Crippen MR) is 61.8 cm³/mol. The van der Waals surface area contributed by atoms with Crippen LogP contribution in [0.2, 0.25) is 0 Å². The van der Waals surface area contributed by atoms with Gasteiger partial charge < -0.3 is 20.1 Å². The number of nitrogens with two attached hydrogens (primary N) is 1. The van der Waals surface area contributed by atoms with Gasteiger partial charge in [0.2, 0.25) is 0 Å². The molecule has 0 atom stereocenters. The lowest BCUT2D eigenvalue weighted by Gasteiger charge is -1.99. The predicted octanol–water partition coefficient (Wildman–Crippen LogP) is 1.20. The fourth-order valence-corrected chi connectivity index (χ4v) is 1.34. The molecule has 7 nitrogen and oxygen atoms in total. The monoisotopic (exact) mass is 249 g/mol. The second kappa shape index (κ2) is 4.74. The quantitative estimate of drug-likeness (QED) is 0.620. The Morgan fingerprint density at radius 3 is 3.00 bits per heavy atom. The second-order valence-electron chi connectivity index (χ2n) is 3.42. The van der Waals surface area contributed by atoms with Crippen molar-refractivity contribution >= 4 is 11.7 Å². The van der Waals surface area contributed by atoms with Crippen LogP contribution < -0.4 is 5.73 Å². The minimum atomic E-state index is -0.678. The van der Waals surface area contributed by atoms with E-state index in [-0.39, 0.29) is 24.1 Å². The molecule has 3 N–H and O–H groups in total. The number of phenols is 1. The number of anilines is 1. The van der Waals surface area contributed by atoms with Crippen molar-refractivity contribution < 1.29 is 19.2 Å². The highest BCUT2D eigenvalue weighted by Crippen LogP contribution is 2.29. The Balaban J connectivity index is 2.32. The van der Waals surface area contributed by atoms with Gasteiger partial charge in [0.15, 0.2) is 0 Å². The van der Waals surface area contributed by atoms with Crippen molar-refractivity contribution in [3.8, 4) is 17.2 Å². The maximum absolute atomic E-state index is 11.3. The van der Waals surface area contributed by atoms with Crippen LogP contribution in [0.3, 0.4) is 0 Å². The number of carbonyl (C=O) groups excluding carboxylic acids is 1. The summed E-state index contributed by atoms with van der Waals surface area (Å²) in [7, 11) is 0. The van der Waals surface area contributed by atoms with Gasteiger partial charge >= 0.3 is 5.97 Å². The number of aromatic hydroxyl groups is 1. The third-order valence-corrected chi connectivity index (χ3v) is 2.14. The number of esters is 1. The van der Waals surface area contributed by atoms with Crippen LogP contribution in [0.15, 0.2) is 22.7 Å². The molecule has 0 saturated heterocycles. The number of hydrogen-bond acceptors (Lipinski definition) is 7. The van der Waals surface area contributed by atoms with E-state index >= 15 is 0 Å². The molecule has 2 aromatic rings. The van der Waals surface area contributed by atoms with Crippen molar-refractivity contribution in [3.63, 3.8) is 0 Å². The van der Waals surface area contributed by atoms with E-state index < -0.39 is 5.97 Å². The average molecular weight is 249 g/mol. The van der Waals surface area contributed by atoms with Crippen molar-refractivity contribution in [3.05, 3.63) is 24.0 Å². The highest BCUT2D eigenvalue weighted by atomic mass is 16.5. The van der Waals surface area contributed by atoms with Crippen molar-refractivity contribution in [2.45, 2.75) is 6.92 Å². The van der Waals surface area contributed by atoms with Crippen molar-refractivity contribution in [2.24, 2.45) is 0 Å². The Kier molecular flexibility index (Phi) is 3.13. The molecule has 0 saturated carbocycles. The van der Waals surface area contributed by atoms with Crippen molar-refractivity contribution in [2.75, 3.05) is 12.3 Å². The van der Waals surface area contributed by atoms with Crippen LogP contribution in [-0.4, -0.2) is 27.8 Å². The van der Waals surface area contributed by atoms with E-state index in [9.17, 15) is 9.90 Å². The van der Waals surface area contributed by atoms with Crippen LogP contribution in [-0.2, 0) is 4.74 Å². The molecular weight excluding hydrogens is 238 g/mol. The van der Waals surface area contributed by atoms with Gasteiger partial charge in [-0.3, -0.25) is 0 Å². The fraction of sp³-hybridized carbons (Fsp3) is 0.182. The summed E-state index contributed by atoms with van der Waals surface area (Å²) < 4.78 is 9.60. The van der Waals surface area contributed by atoms with Crippen LogP contribution in [0.4, 0.5) is 5.69 Å². The summed E-state index contributed by atoms with van der Waals surface area (Å²) in [6.45, 7) is 1.89. The molecule has 0 bridgehead atoms. The molecule has 94 valence electrons. The smallest absolute Gasteiger partial charge is 0.379 e. The summed E-state index contributed by atoms with van der Waals surface area (Å²) in [5.74, 6) is -0.949. The summed E-state index contributed by atoms with van der Waals surface area (Å²) in [5.41, 5.74) is 6.20. The summed E-state index contributed by atoms with van der Waals surface area (Å²) in [5, 5.41) is 13.1. The number of ether oxygens (including phenoxy) is 1. The first-order chi connectivity index (χ1) is 8.61. The van der Waals surface area contributed by atoms with Gasteiger partial charge in [-0.2, -0.15) is 4.98 Å². The fourth-order valence-electron chi connectivity index (χ4n) is 1.34. The molecule has 0 amide bonds. The molecule has 0 unspecified atom stereocenters. The molecule has 2 rings (SSSR count). The maximum Gasteiger partial charge on any atom is 0.379 e. The summed E-state index contributed by atoms with van der Waals surface area (Å²) in [6, 6.07) is 4.44. The molecule has 0 radical (unpaired) electrons. The topological polar surface area (TPSA) is 111 Å². The van der Waals surface area contributed by atoms with Gasteiger partial charge in [-0.25, -0.2) is 4.79 Å². The van der Waals surface area contributed by atoms with Gasteiger partial charge in [0, 0.05) is 11.8 Å². The van der Waals surface area contributed by atoms with Crippen LogP contribution >= 0.6 is 0 Å². The van der Waals surface area contributed by atoms with Gasteiger partial charge in [-0.15, -0.1) is 0 Å². The lowest BCUT2D eigenvalue weighted by Crippen LogP contribution is -2.06. The van der Waals surface area contributed by atoms with Gasteiger partial charge in [-0.05, 0) is 24.2 Å². The molecule has 1 aromatic heterocycles. The van der Waals surface area contributed by atoms with E-state index in [4.69, 9.17) is 15.0 Å². The Hall–Kier alpha value is -2.57. The van der Waals surface area contributed by atoms with E-state index in [1.807, 2.05) is 0 Å². The zero-order valence-electron chi connectivity index (χ0n) is 9.58. The number of benzene rings is 1. The van der Waals surface area contributed by atoms with Crippen molar-refractivity contribution in [1.82, 2.24) is 10.1 Å². The lowest BCUT2D eigenvalue weighted by molar-refractivity contribution is 0.0508. The average Bonchev–Trinajstić information content (AvgIpc) is 2.78. The Bertz CT molecular complexity index is 579. The summed E-state index contributed by atoms with van der Waals surface area (Å²) in [6.07, 6.45) is 0. The molecule has 0 spiro atoms. The molecule has 0 aliphatic rings. The van der Waals surface area contributed by atoms with E-state index in [0.717, 1.165) is 0 Å². The van der Waals surface area contributed by atoms with Crippen LogP contribution in [0.25, 0.3) is 11.5 Å². The molecule has 1 aromatic carbocycles. The number of carbonyl (C=O) groups is 1. The van der Waals surface area contributed by atoms with Crippen molar-refractivity contribution in [1.29, 1.82) is 0 Å². The van der Waals surface area contributed by atoms with Gasteiger partial charge in [0.1, 0.15) is 5.75 Å². The van der Waals surface area contributed by atoms with Gasteiger partial charge in [0.25, 0.3) is 11.7 Å². The molecule has 0 aliphatic heterocycles. The Labute approximate surface area is 102 Å². The number of nitrogen functional groups attached to an aromatic ring is 1. The minimum absolute atomic E-state index is 0.0237. The molecule has 7 heteroatoms. The molecule has 1 heterocycles. The maximum atomic E-state index is 11.3. The first kappa shape index (κ1) is 11.9. The Morgan fingerprint density at radius 1 is 1.56 bits per heavy atom. The molecule has 18 heavy (non-hydrogen) atoms. The lowest BCUT2D eigenvalue weighted by atomic mass is 10.2. The highest BCUT2D eigenvalue weighted by Gasteiger charge is 2.18. The number of aromatic nitrogens is 2. The molecule has 0 aliphatic carbocycles. The van der Waals surface area contributed by atoms with Gasteiger partial charge in [0.05, 0.1) is 12.2 Å². The van der Waals surface area contributed by atoms with Crippen LogP contribution in [0.1, 0.15) is 17.5 Å².